The molecule has 0 saturated heterocycles. The van der Waals surface area contributed by atoms with E-state index in [1.54, 1.807) is 5.01 Å². The summed E-state index contributed by atoms with van der Waals surface area (Å²) in [7, 11) is 1.87. The van der Waals surface area contributed by atoms with Crippen molar-refractivity contribution in [1.29, 1.82) is 0 Å². The molecule has 2 rings (SSSR count). The van der Waals surface area contributed by atoms with Gasteiger partial charge in [-0.05, 0) is 25.0 Å². The average molecular weight is 203 g/mol. The van der Waals surface area contributed by atoms with Gasteiger partial charge in [0.05, 0.1) is 0 Å². The third-order valence-electron chi connectivity index (χ3n) is 2.72. The summed E-state index contributed by atoms with van der Waals surface area (Å²) in [6.07, 6.45) is 10.6. The molecule has 2 aliphatic rings. The summed E-state index contributed by atoms with van der Waals surface area (Å²) in [5.74, 6) is 5.76. The van der Waals surface area contributed by atoms with Crippen LogP contribution in [0.3, 0.4) is 0 Å². The van der Waals surface area contributed by atoms with Crippen LogP contribution in [0.2, 0.25) is 0 Å². The fraction of sp³-hybridized carbons (Fsp3) is 0.333. The molecule has 1 heterocycles. The summed E-state index contributed by atoms with van der Waals surface area (Å²) in [4.78, 5) is 0. The topological polar surface area (TPSA) is 41.3 Å². The Morgan fingerprint density at radius 3 is 2.93 bits per heavy atom. The van der Waals surface area contributed by atoms with E-state index < -0.39 is 0 Å². The lowest BCUT2D eigenvalue weighted by atomic mass is 10.1. The highest BCUT2D eigenvalue weighted by atomic mass is 15.4. The molecule has 0 unspecified atom stereocenters. The van der Waals surface area contributed by atoms with Gasteiger partial charge in [0.1, 0.15) is 0 Å². The Morgan fingerprint density at radius 2 is 2.20 bits per heavy atom. The average Bonchev–Trinajstić information content (AvgIpc) is 2.39. The monoisotopic (exact) mass is 203 g/mol. The summed E-state index contributed by atoms with van der Waals surface area (Å²) in [6, 6.07) is 0. The van der Waals surface area contributed by atoms with Crippen LogP contribution in [-0.4, -0.2) is 12.1 Å². The summed E-state index contributed by atoms with van der Waals surface area (Å²) in [5.41, 5.74) is 4.84. The smallest absolute Gasteiger partial charge is 0.0435 e. The molecule has 0 aromatic heterocycles. The SMILES string of the molecule is CC1=CCC2=C(C=C(N(C)N)CC=C2)N1. The van der Waals surface area contributed by atoms with Crippen molar-refractivity contribution in [2.45, 2.75) is 19.8 Å². The summed E-state index contributed by atoms with van der Waals surface area (Å²) in [5, 5.41) is 5.05. The zero-order chi connectivity index (χ0) is 10.8. The van der Waals surface area contributed by atoms with Crippen LogP contribution in [0.25, 0.3) is 0 Å². The fourth-order valence-electron chi connectivity index (χ4n) is 1.80. The highest BCUT2D eigenvalue weighted by molar-refractivity contribution is 5.42. The summed E-state index contributed by atoms with van der Waals surface area (Å²) in [6.45, 7) is 2.08. The minimum Gasteiger partial charge on any atom is -0.359 e. The lowest BCUT2D eigenvalue weighted by Crippen LogP contribution is -2.25. The first kappa shape index (κ1) is 10.1. The van der Waals surface area contributed by atoms with Gasteiger partial charge in [-0.3, -0.25) is 0 Å². The van der Waals surface area contributed by atoms with Crippen LogP contribution >= 0.6 is 0 Å². The van der Waals surface area contributed by atoms with E-state index in [0.29, 0.717) is 0 Å². The molecule has 0 saturated carbocycles. The Morgan fingerprint density at radius 1 is 1.40 bits per heavy atom. The maximum Gasteiger partial charge on any atom is 0.0435 e. The van der Waals surface area contributed by atoms with Crippen LogP contribution in [0.4, 0.5) is 0 Å². The molecule has 1 aliphatic carbocycles. The Balaban J connectivity index is 2.31. The van der Waals surface area contributed by atoms with E-state index in [1.807, 2.05) is 7.05 Å². The third-order valence-corrected chi connectivity index (χ3v) is 2.72. The molecule has 3 nitrogen and oxygen atoms in total. The van der Waals surface area contributed by atoms with Crippen LogP contribution < -0.4 is 11.2 Å². The molecule has 0 aromatic rings. The van der Waals surface area contributed by atoms with Crippen LogP contribution in [0.5, 0.6) is 0 Å². The van der Waals surface area contributed by atoms with E-state index in [9.17, 15) is 0 Å². The lowest BCUT2D eigenvalue weighted by Gasteiger charge is -2.19. The van der Waals surface area contributed by atoms with Crippen molar-refractivity contribution in [3.05, 3.63) is 47.0 Å². The molecule has 80 valence electrons. The molecule has 0 amide bonds. The molecule has 1 aliphatic heterocycles. The summed E-state index contributed by atoms with van der Waals surface area (Å²) >= 11 is 0. The van der Waals surface area contributed by atoms with Gasteiger partial charge in [-0.2, -0.15) is 0 Å². The largest absolute Gasteiger partial charge is 0.359 e. The van der Waals surface area contributed by atoms with E-state index >= 15 is 0 Å². The molecule has 0 fully saturated rings. The van der Waals surface area contributed by atoms with Crippen molar-refractivity contribution >= 4 is 0 Å². The van der Waals surface area contributed by atoms with Crippen LogP contribution in [0.1, 0.15) is 19.8 Å². The third kappa shape index (κ3) is 2.13. The molecule has 0 aromatic carbocycles. The molecule has 0 atom stereocenters. The second-order valence-corrected chi connectivity index (χ2v) is 4.01. The van der Waals surface area contributed by atoms with E-state index in [4.69, 9.17) is 5.84 Å². The molecule has 3 heteroatoms. The molecule has 0 radical (unpaired) electrons. The zero-order valence-electron chi connectivity index (χ0n) is 9.25. The van der Waals surface area contributed by atoms with Gasteiger partial charge in [0.25, 0.3) is 0 Å². The maximum atomic E-state index is 5.76. The van der Waals surface area contributed by atoms with Gasteiger partial charge in [0, 0.05) is 30.6 Å². The highest BCUT2D eigenvalue weighted by Gasteiger charge is 2.11. The van der Waals surface area contributed by atoms with Gasteiger partial charge in [-0.1, -0.05) is 18.2 Å². The number of nitrogens with zero attached hydrogens (tertiary/aromatic N) is 1. The second-order valence-electron chi connectivity index (χ2n) is 4.01. The zero-order valence-corrected chi connectivity index (χ0v) is 9.25. The van der Waals surface area contributed by atoms with Crippen LogP contribution in [-0.2, 0) is 0 Å². The number of rotatable bonds is 1. The van der Waals surface area contributed by atoms with Crippen molar-refractivity contribution in [2.75, 3.05) is 7.05 Å². The van der Waals surface area contributed by atoms with Gasteiger partial charge in [-0.25, -0.2) is 5.84 Å². The molecule has 3 N–H and O–H groups in total. The van der Waals surface area contributed by atoms with Gasteiger partial charge >= 0.3 is 0 Å². The summed E-state index contributed by atoms with van der Waals surface area (Å²) < 4.78 is 0. The minimum absolute atomic E-state index is 0.890. The first-order chi connectivity index (χ1) is 7.16. The van der Waals surface area contributed by atoms with Gasteiger partial charge in [0.15, 0.2) is 0 Å². The Labute approximate surface area is 90.6 Å². The number of dihydropyridines is 1. The first-order valence-electron chi connectivity index (χ1n) is 5.19. The number of nitrogens with two attached hydrogens (primary N) is 1. The maximum absolute atomic E-state index is 5.76. The highest BCUT2D eigenvalue weighted by Crippen LogP contribution is 2.23. The Bertz CT molecular complexity index is 384. The predicted molar refractivity (Wildman–Crippen MR) is 62.3 cm³/mol. The molecule has 0 bridgehead atoms. The van der Waals surface area contributed by atoms with Crippen molar-refractivity contribution in [1.82, 2.24) is 10.3 Å². The van der Waals surface area contributed by atoms with E-state index in [-0.39, 0.29) is 0 Å². The Hall–Kier alpha value is -1.48. The minimum atomic E-state index is 0.890. The number of hydrogen-bond donors (Lipinski definition) is 2. The normalized spacial score (nSPS) is 19.9. The van der Waals surface area contributed by atoms with E-state index in [2.05, 4.69) is 36.5 Å². The number of hydrazine groups is 1. The lowest BCUT2D eigenvalue weighted by molar-refractivity contribution is 0.431. The quantitative estimate of drug-likeness (QED) is 0.504. The molecular formula is C12H17N3. The molecule has 0 spiro atoms. The van der Waals surface area contributed by atoms with Crippen LogP contribution in [0, 0.1) is 0 Å². The van der Waals surface area contributed by atoms with Crippen LogP contribution in [0.15, 0.2) is 47.0 Å². The van der Waals surface area contributed by atoms with Crippen molar-refractivity contribution in [3.63, 3.8) is 0 Å². The van der Waals surface area contributed by atoms with E-state index in [1.165, 1.54) is 17.0 Å². The Kier molecular flexibility index (Phi) is 2.64. The molecule has 15 heavy (non-hydrogen) atoms. The first-order valence-corrected chi connectivity index (χ1v) is 5.19. The van der Waals surface area contributed by atoms with Crippen molar-refractivity contribution in [2.24, 2.45) is 5.84 Å². The van der Waals surface area contributed by atoms with Crippen molar-refractivity contribution in [3.8, 4) is 0 Å². The second kappa shape index (κ2) is 3.95. The standard InChI is InChI=1S/C12H17N3/c1-9-6-7-10-4-3-5-11(15(2)13)8-12(10)14-9/h3-4,6,8,14H,5,7,13H2,1-2H3. The fourth-order valence-corrected chi connectivity index (χ4v) is 1.80. The van der Waals surface area contributed by atoms with Gasteiger partial charge in [-0.15, -0.1) is 0 Å². The van der Waals surface area contributed by atoms with Crippen molar-refractivity contribution < 1.29 is 0 Å². The van der Waals surface area contributed by atoms with Gasteiger partial charge in [0.2, 0.25) is 0 Å². The van der Waals surface area contributed by atoms with Gasteiger partial charge < -0.3 is 10.3 Å². The predicted octanol–water partition coefficient (Wildman–Crippen LogP) is 1.79. The number of hydrogen-bond acceptors (Lipinski definition) is 3. The number of allylic oxidation sites excluding steroid dienone is 6. The van der Waals surface area contributed by atoms with E-state index in [0.717, 1.165) is 18.5 Å². The molecular weight excluding hydrogens is 186 g/mol. The number of nitrogens with one attached hydrogen (secondary N) is 1.